The highest BCUT2D eigenvalue weighted by molar-refractivity contribution is 7.89. The number of carbonyl (C=O) groups excluding carboxylic acids is 1. The van der Waals surface area contributed by atoms with Crippen LogP contribution >= 0.6 is 0 Å². The van der Waals surface area contributed by atoms with E-state index >= 15 is 0 Å². The van der Waals surface area contributed by atoms with Crippen molar-refractivity contribution in [1.29, 1.82) is 0 Å². The third kappa shape index (κ3) is 5.16. The SMILES string of the molecule is CCS(=O)(=O)N1CCC[C@@H](C(=O)NCC[C@@H](C)N2CCCC2)C1. The first-order valence-corrected chi connectivity index (χ1v) is 10.5. The summed E-state index contributed by atoms with van der Waals surface area (Å²) in [5.41, 5.74) is 0. The fourth-order valence-corrected chi connectivity index (χ4v) is 4.68. The quantitative estimate of drug-likeness (QED) is 0.748. The van der Waals surface area contributed by atoms with E-state index in [4.69, 9.17) is 0 Å². The minimum atomic E-state index is -3.19. The Bertz CT molecular complexity index is 489. The van der Waals surface area contributed by atoms with Crippen LogP contribution in [0.3, 0.4) is 0 Å². The van der Waals surface area contributed by atoms with Crippen molar-refractivity contribution in [3.05, 3.63) is 0 Å². The second-order valence-electron chi connectivity index (χ2n) is 6.77. The Morgan fingerprint density at radius 2 is 1.91 bits per heavy atom. The molecule has 0 spiro atoms. The van der Waals surface area contributed by atoms with Crippen molar-refractivity contribution in [2.75, 3.05) is 38.5 Å². The van der Waals surface area contributed by atoms with Crippen LogP contribution in [0.2, 0.25) is 0 Å². The standard InChI is InChI=1S/C16H31N3O3S/c1-3-23(21,22)19-12-6-7-15(13-19)16(20)17-9-8-14(2)18-10-4-5-11-18/h14-15H,3-13H2,1-2H3,(H,17,20)/t14-,15-/m1/s1. The number of carbonyl (C=O) groups is 1. The molecule has 2 heterocycles. The van der Waals surface area contributed by atoms with Crippen molar-refractivity contribution in [3.63, 3.8) is 0 Å². The molecule has 0 bridgehead atoms. The van der Waals surface area contributed by atoms with E-state index in [1.807, 2.05) is 0 Å². The lowest BCUT2D eigenvalue weighted by Gasteiger charge is -2.31. The van der Waals surface area contributed by atoms with Crippen molar-refractivity contribution in [2.24, 2.45) is 5.92 Å². The van der Waals surface area contributed by atoms with Gasteiger partial charge in [-0.25, -0.2) is 12.7 Å². The van der Waals surface area contributed by atoms with Gasteiger partial charge in [0.05, 0.1) is 11.7 Å². The van der Waals surface area contributed by atoms with Gasteiger partial charge in [-0.3, -0.25) is 4.79 Å². The Kier molecular flexibility index (Phi) is 6.85. The largest absolute Gasteiger partial charge is 0.356 e. The van der Waals surface area contributed by atoms with E-state index < -0.39 is 10.0 Å². The van der Waals surface area contributed by atoms with E-state index in [9.17, 15) is 13.2 Å². The fourth-order valence-electron chi connectivity index (χ4n) is 3.51. The van der Waals surface area contributed by atoms with Crippen molar-refractivity contribution in [2.45, 2.75) is 52.0 Å². The van der Waals surface area contributed by atoms with E-state index in [0.717, 1.165) is 19.3 Å². The van der Waals surface area contributed by atoms with Gasteiger partial charge in [-0.15, -0.1) is 0 Å². The molecule has 7 heteroatoms. The van der Waals surface area contributed by atoms with E-state index in [1.165, 1.54) is 30.2 Å². The summed E-state index contributed by atoms with van der Waals surface area (Å²) in [7, 11) is -3.19. The van der Waals surface area contributed by atoms with Crippen LogP contribution in [0.5, 0.6) is 0 Å². The maximum absolute atomic E-state index is 12.3. The molecule has 0 unspecified atom stereocenters. The predicted molar refractivity (Wildman–Crippen MR) is 91.7 cm³/mol. The molecule has 0 aliphatic carbocycles. The summed E-state index contributed by atoms with van der Waals surface area (Å²) in [6.07, 6.45) is 5.06. The van der Waals surface area contributed by atoms with E-state index in [1.54, 1.807) is 6.92 Å². The molecule has 2 aliphatic heterocycles. The molecule has 134 valence electrons. The molecule has 0 saturated carbocycles. The first kappa shape index (κ1) is 18.7. The summed E-state index contributed by atoms with van der Waals surface area (Å²) in [6.45, 7) is 7.76. The van der Waals surface area contributed by atoms with Gasteiger partial charge in [0.25, 0.3) is 0 Å². The molecule has 2 aliphatic rings. The van der Waals surface area contributed by atoms with Crippen LogP contribution in [0.25, 0.3) is 0 Å². The molecule has 23 heavy (non-hydrogen) atoms. The number of nitrogens with one attached hydrogen (secondary N) is 1. The average Bonchev–Trinajstić information content (AvgIpc) is 3.09. The highest BCUT2D eigenvalue weighted by Crippen LogP contribution is 2.20. The Morgan fingerprint density at radius 1 is 1.22 bits per heavy atom. The van der Waals surface area contributed by atoms with Gasteiger partial charge >= 0.3 is 0 Å². The van der Waals surface area contributed by atoms with Gasteiger partial charge in [0.15, 0.2) is 0 Å². The lowest BCUT2D eigenvalue weighted by Crippen LogP contribution is -2.46. The number of amides is 1. The molecule has 0 aromatic heterocycles. The maximum atomic E-state index is 12.3. The van der Waals surface area contributed by atoms with Crippen molar-refractivity contribution < 1.29 is 13.2 Å². The number of piperidine rings is 1. The smallest absolute Gasteiger partial charge is 0.224 e. The minimum absolute atomic E-state index is 0.00891. The monoisotopic (exact) mass is 345 g/mol. The zero-order chi connectivity index (χ0) is 16.9. The Hall–Kier alpha value is -0.660. The third-order valence-electron chi connectivity index (χ3n) is 5.14. The van der Waals surface area contributed by atoms with E-state index in [2.05, 4.69) is 17.1 Å². The van der Waals surface area contributed by atoms with Gasteiger partial charge < -0.3 is 10.2 Å². The molecule has 2 saturated heterocycles. The molecule has 1 N–H and O–H groups in total. The van der Waals surface area contributed by atoms with Crippen LogP contribution in [0.15, 0.2) is 0 Å². The number of hydrogen-bond acceptors (Lipinski definition) is 4. The highest BCUT2D eigenvalue weighted by Gasteiger charge is 2.31. The summed E-state index contributed by atoms with van der Waals surface area (Å²) in [6, 6.07) is 0.501. The maximum Gasteiger partial charge on any atom is 0.224 e. The molecule has 0 radical (unpaired) electrons. The Morgan fingerprint density at radius 3 is 2.57 bits per heavy atom. The molecule has 2 rings (SSSR count). The van der Waals surface area contributed by atoms with Gasteiger partial charge in [0.2, 0.25) is 15.9 Å². The van der Waals surface area contributed by atoms with Crippen LogP contribution in [0, 0.1) is 5.92 Å². The summed E-state index contributed by atoms with van der Waals surface area (Å²) in [4.78, 5) is 14.8. The second kappa shape index (κ2) is 8.44. The third-order valence-corrected chi connectivity index (χ3v) is 6.99. The molecular weight excluding hydrogens is 314 g/mol. The number of likely N-dealkylation sites (tertiary alicyclic amines) is 1. The van der Waals surface area contributed by atoms with Crippen LogP contribution in [0.1, 0.15) is 46.0 Å². The van der Waals surface area contributed by atoms with Crippen LogP contribution in [-0.2, 0) is 14.8 Å². The van der Waals surface area contributed by atoms with Crippen LogP contribution in [-0.4, -0.2) is 68.0 Å². The molecule has 2 atom stereocenters. The number of rotatable bonds is 7. The van der Waals surface area contributed by atoms with E-state index in [0.29, 0.717) is 25.7 Å². The summed E-state index contributed by atoms with van der Waals surface area (Å²) in [5, 5.41) is 3.01. The Labute approximate surface area is 140 Å². The van der Waals surface area contributed by atoms with Crippen molar-refractivity contribution in [1.82, 2.24) is 14.5 Å². The lowest BCUT2D eigenvalue weighted by molar-refractivity contribution is -0.126. The highest BCUT2D eigenvalue weighted by atomic mass is 32.2. The number of nitrogens with zero attached hydrogens (tertiary/aromatic N) is 2. The summed E-state index contributed by atoms with van der Waals surface area (Å²) < 4.78 is 25.4. The molecule has 6 nitrogen and oxygen atoms in total. The average molecular weight is 346 g/mol. The number of hydrogen-bond donors (Lipinski definition) is 1. The number of sulfonamides is 1. The molecular formula is C16H31N3O3S. The van der Waals surface area contributed by atoms with Crippen molar-refractivity contribution in [3.8, 4) is 0 Å². The zero-order valence-electron chi connectivity index (χ0n) is 14.5. The normalized spacial score (nSPS) is 25.4. The summed E-state index contributed by atoms with van der Waals surface area (Å²) >= 11 is 0. The topological polar surface area (TPSA) is 69.7 Å². The molecule has 1 amide bonds. The van der Waals surface area contributed by atoms with Crippen LogP contribution < -0.4 is 5.32 Å². The van der Waals surface area contributed by atoms with Gasteiger partial charge in [-0.2, -0.15) is 0 Å². The van der Waals surface area contributed by atoms with Crippen LogP contribution in [0.4, 0.5) is 0 Å². The molecule has 0 aromatic carbocycles. The molecule has 0 aromatic rings. The lowest BCUT2D eigenvalue weighted by atomic mass is 9.99. The second-order valence-corrected chi connectivity index (χ2v) is 9.03. The predicted octanol–water partition coefficient (Wildman–Crippen LogP) is 1.04. The molecule has 2 fully saturated rings. The first-order chi connectivity index (χ1) is 10.9. The van der Waals surface area contributed by atoms with Gasteiger partial charge in [0, 0.05) is 25.7 Å². The fraction of sp³-hybridized carbons (Fsp3) is 0.938. The van der Waals surface area contributed by atoms with Gasteiger partial charge in [0.1, 0.15) is 0 Å². The van der Waals surface area contributed by atoms with Gasteiger partial charge in [-0.1, -0.05) is 0 Å². The van der Waals surface area contributed by atoms with E-state index in [-0.39, 0.29) is 17.6 Å². The van der Waals surface area contributed by atoms with Crippen molar-refractivity contribution >= 4 is 15.9 Å². The first-order valence-electron chi connectivity index (χ1n) is 8.93. The van der Waals surface area contributed by atoms with Gasteiger partial charge in [-0.05, 0) is 59.0 Å². The minimum Gasteiger partial charge on any atom is -0.356 e. The summed E-state index contributed by atoms with van der Waals surface area (Å²) in [5.74, 6) is -0.0869. The Balaban J connectivity index is 1.74. The zero-order valence-corrected chi connectivity index (χ0v) is 15.3.